The van der Waals surface area contributed by atoms with Crippen molar-refractivity contribution in [1.82, 2.24) is 0 Å². The molecule has 1 aliphatic rings. The number of carboxylic acids is 1. The Morgan fingerprint density at radius 1 is 1.20 bits per heavy atom. The number of nitrogens with zero attached hydrogens (tertiary/aromatic N) is 2. The van der Waals surface area contributed by atoms with E-state index >= 15 is 0 Å². The summed E-state index contributed by atoms with van der Waals surface area (Å²) in [6.07, 6.45) is 4.21. The number of carbonyl (C=O) groups is 1. The molecule has 0 bridgehead atoms. The Morgan fingerprint density at radius 2 is 1.80 bits per heavy atom. The van der Waals surface area contributed by atoms with Gasteiger partial charge in [0, 0.05) is 25.2 Å². The fraction of sp³-hybridized carbons (Fsp3) is 0.462. The van der Waals surface area contributed by atoms with Crippen LogP contribution in [0.4, 0.5) is 11.4 Å². The summed E-state index contributed by atoms with van der Waals surface area (Å²) >= 11 is 0. The first-order valence-electron chi connectivity index (χ1n) is 6.36. The molecule has 0 aliphatic carbocycles. The van der Waals surface area contributed by atoms with Gasteiger partial charge < -0.3 is 10.0 Å². The number of hydrogen-bond donors (Lipinski definition) is 1. The van der Waals surface area contributed by atoms with E-state index in [1.165, 1.54) is 18.2 Å². The third-order valence-corrected chi connectivity index (χ3v) is 3.37. The summed E-state index contributed by atoms with van der Waals surface area (Å²) in [4.78, 5) is 23.5. The molecule has 1 fully saturated rings. The fourth-order valence-electron chi connectivity index (χ4n) is 2.39. The van der Waals surface area contributed by atoms with Crippen LogP contribution in [0.5, 0.6) is 0 Å². The monoisotopic (exact) mass is 300 g/mol. The molecule has 2 rings (SSSR count). The van der Waals surface area contributed by atoms with Crippen molar-refractivity contribution in [1.29, 1.82) is 0 Å². The van der Waals surface area contributed by atoms with Crippen molar-refractivity contribution in [2.75, 3.05) is 18.0 Å². The van der Waals surface area contributed by atoms with Crippen LogP contribution >= 0.6 is 12.4 Å². The van der Waals surface area contributed by atoms with Crippen LogP contribution in [0, 0.1) is 10.1 Å². The maximum Gasteiger partial charge on any atom is 0.337 e. The van der Waals surface area contributed by atoms with E-state index in [1.807, 2.05) is 4.90 Å². The van der Waals surface area contributed by atoms with Crippen molar-refractivity contribution in [3.05, 3.63) is 33.9 Å². The second-order valence-corrected chi connectivity index (χ2v) is 4.66. The molecule has 1 N–H and O–H groups in total. The van der Waals surface area contributed by atoms with Crippen LogP contribution < -0.4 is 4.90 Å². The van der Waals surface area contributed by atoms with Gasteiger partial charge in [-0.25, -0.2) is 4.79 Å². The molecule has 1 heterocycles. The molecule has 0 radical (unpaired) electrons. The fourth-order valence-corrected chi connectivity index (χ4v) is 2.39. The van der Waals surface area contributed by atoms with E-state index in [1.54, 1.807) is 0 Å². The number of halogens is 1. The highest BCUT2D eigenvalue weighted by molar-refractivity contribution is 5.95. The number of hydrogen-bond acceptors (Lipinski definition) is 4. The Hall–Kier alpha value is -1.82. The van der Waals surface area contributed by atoms with E-state index in [2.05, 4.69) is 0 Å². The summed E-state index contributed by atoms with van der Waals surface area (Å²) in [5, 5.41) is 20.0. The lowest BCUT2D eigenvalue weighted by Crippen LogP contribution is -2.26. The van der Waals surface area contributed by atoms with E-state index in [0.29, 0.717) is 5.69 Å². The summed E-state index contributed by atoms with van der Waals surface area (Å²) in [7, 11) is 0. The summed E-state index contributed by atoms with van der Waals surface area (Å²) in [6, 6.07) is 3.93. The van der Waals surface area contributed by atoms with Gasteiger partial charge in [0.1, 0.15) is 0 Å². The van der Waals surface area contributed by atoms with Crippen LogP contribution in [0.3, 0.4) is 0 Å². The zero-order valence-corrected chi connectivity index (χ0v) is 11.8. The number of carboxylic acid groups (broad SMARTS) is 1. The number of nitro groups is 1. The van der Waals surface area contributed by atoms with Crippen LogP contribution in [-0.2, 0) is 0 Å². The molecule has 1 aromatic carbocycles. The van der Waals surface area contributed by atoms with Crippen molar-refractivity contribution in [2.45, 2.75) is 25.7 Å². The Bertz CT molecular complexity index is 499. The van der Waals surface area contributed by atoms with Crippen LogP contribution in [0.2, 0.25) is 0 Å². The standard InChI is InChI=1S/C13H16N2O4.ClH/c16-13(17)11-6-5-10(15(18)19)9-12(11)14-7-3-1-2-4-8-14;/h5-6,9H,1-4,7-8H2,(H,16,17);1H. The number of rotatable bonds is 3. The smallest absolute Gasteiger partial charge is 0.337 e. The second kappa shape index (κ2) is 7.09. The molecule has 7 heteroatoms. The highest BCUT2D eigenvalue weighted by Crippen LogP contribution is 2.28. The average Bonchev–Trinajstić information content (AvgIpc) is 2.66. The third kappa shape index (κ3) is 3.60. The predicted molar refractivity (Wildman–Crippen MR) is 78.0 cm³/mol. The van der Waals surface area contributed by atoms with Gasteiger partial charge in [-0.15, -0.1) is 12.4 Å². The van der Waals surface area contributed by atoms with E-state index in [9.17, 15) is 20.0 Å². The highest BCUT2D eigenvalue weighted by Gasteiger charge is 2.20. The number of non-ortho nitro benzene ring substituents is 1. The molecule has 0 atom stereocenters. The molecule has 1 aliphatic heterocycles. The molecule has 1 saturated heterocycles. The Morgan fingerprint density at radius 3 is 2.30 bits per heavy atom. The van der Waals surface area contributed by atoms with Gasteiger partial charge in [0.2, 0.25) is 0 Å². The minimum Gasteiger partial charge on any atom is -0.478 e. The van der Waals surface area contributed by atoms with Gasteiger partial charge in [0.25, 0.3) is 5.69 Å². The quantitative estimate of drug-likeness (QED) is 0.685. The van der Waals surface area contributed by atoms with Crippen LogP contribution in [0.1, 0.15) is 36.0 Å². The van der Waals surface area contributed by atoms with Gasteiger partial charge in [-0.05, 0) is 18.9 Å². The van der Waals surface area contributed by atoms with E-state index < -0.39 is 10.9 Å². The average molecular weight is 301 g/mol. The highest BCUT2D eigenvalue weighted by atomic mass is 35.5. The molecular formula is C13H17ClN2O4. The van der Waals surface area contributed by atoms with Crippen molar-refractivity contribution < 1.29 is 14.8 Å². The van der Waals surface area contributed by atoms with Crippen LogP contribution in [0.25, 0.3) is 0 Å². The number of anilines is 1. The summed E-state index contributed by atoms with van der Waals surface area (Å²) < 4.78 is 0. The minimum atomic E-state index is -1.05. The van der Waals surface area contributed by atoms with Crippen LogP contribution in [-0.4, -0.2) is 29.1 Å². The maximum atomic E-state index is 11.2. The predicted octanol–water partition coefficient (Wildman–Crippen LogP) is 3.10. The first kappa shape index (κ1) is 16.2. The van der Waals surface area contributed by atoms with Gasteiger partial charge in [-0.3, -0.25) is 10.1 Å². The molecule has 6 nitrogen and oxygen atoms in total. The minimum absolute atomic E-state index is 0. The summed E-state index contributed by atoms with van der Waals surface area (Å²) in [5.41, 5.74) is 0.528. The SMILES string of the molecule is Cl.O=C(O)c1ccc([N+](=O)[O-])cc1N1CCCCCC1. The first-order valence-corrected chi connectivity index (χ1v) is 6.36. The lowest BCUT2D eigenvalue weighted by Gasteiger charge is -2.24. The van der Waals surface area contributed by atoms with Crippen molar-refractivity contribution in [3.63, 3.8) is 0 Å². The maximum absolute atomic E-state index is 11.2. The van der Waals surface area contributed by atoms with Crippen molar-refractivity contribution in [2.24, 2.45) is 0 Å². The molecule has 0 aromatic heterocycles. The molecular weight excluding hydrogens is 284 g/mol. The Labute approximate surface area is 123 Å². The number of nitro benzene ring substituents is 1. The molecule has 0 saturated carbocycles. The van der Waals surface area contributed by atoms with Gasteiger partial charge >= 0.3 is 5.97 Å². The third-order valence-electron chi connectivity index (χ3n) is 3.37. The van der Waals surface area contributed by atoms with E-state index in [0.717, 1.165) is 38.8 Å². The van der Waals surface area contributed by atoms with Crippen LogP contribution in [0.15, 0.2) is 18.2 Å². The zero-order chi connectivity index (χ0) is 13.8. The lowest BCUT2D eigenvalue weighted by molar-refractivity contribution is -0.384. The second-order valence-electron chi connectivity index (χ2n) is 4.66. The number of aromatic carboxylic acids is 1. The van der Waals surface area contributed by atoms with Gasteiger partial charge in [0.05, 0.1) is 16.2 Å². The van der Waals surface area contributed by atoms with Gasteiger partial charge in [-0.2, -0.15) is 0 Å². The molecule has 0 unspecified atom stereocenters. The van der Waals surface area contributed by atoms with E-state index in [-0.39, 0.29) is 23.7 Å². The van der Waals surface area contributed by atoms with Gasteiger partial charge in [-0.1, -0.05) is 12.8 Å². The first-order chi connectivity index (χ1) is 9.09. The van der Waals surface area contributed by atoms with Crippen molar-refractivity contribution >= 4 is 29.8 Å². The molecule has 20 heavy (non-hydrogen) atoms. The normalized spacial score (nSPS) is 15.1. The summed E-state index contributed by atoms with van der Waals surface area (Å²) in [5.74, 6) is -1.05. The Balaban J connectivity index is 0.00000200. The van der Waals surface area contributed by atoms with Crippen molar-refractivity contribution in [3.8, 4) is 0 Å². The number of benzene rings is 1. The molecule has 1 aromatic rings. The lowest BCUT2D eigenvalue weighted by atomic mass is 10.1. The largest absolute Gasteiger partial charge is 0.478 e. The molecule has 0 amide bonds. The zero-order valence-electron chi connectivity index (χ0n) is 10.9. The van der Waals surface area contributed by atoms with E-state index in [4.69, 9.17) is 0 Å². The Kier molecular flexibility index (Phi) is 5.76. The topological polar surface area (TPSA) is 83.7 Å². The summed E-state index contributed by atoms with van der Waals surface area (Å²) in [6.45, 7) is 1.50. The molecule has 0 spiro atoms. The van der Waals surface area contributed by atoms with Gasteiger partial charge in [0.15, 0.2) is 0 Å². The molecule has 110 valence electrons.